The van der Waals surface area contributed by atoms with Crippen LogP contribution in [0.1, 0.15) is 30.5 Å². The van der Waals surface area contributed by atoms with E-state index < -0.39 is 0 Å². The van der Waals surface area contributed by atoms with Crippen molar-refractivity contribution in [2.24, 2.45) is 7.05 Å². The maximum Gasteiger partial charge on any atom is 0.282 e. The molecule has 0 unspecified atom stereocenters. The number of aromatic nitrogens is 4. The molecule has 0 amide bonds. The molecule has 0 fully saturated rings. The van der Waals surface area contributed by atoms with E-state index in [1.54, 1.807) is 6.92 Å². The minimum atomic E-state index is 0.553. The Labute approximate surface area is 117 Å². The van der Waals surface area contributed by atoms with Gasteiger partial charge in [-0.15, -0.1) is 10.2 Å². The van der Waals surface area contributed by atoms with Crippen molar-refractivity contribution >= 4 is 11.8 Å². The number of rotatable bonds is 6. The van der Waals surface area contributed by atoms with Gasteiger partial charge in [-0.05, 0) is 31.7 Å². The topological polar surface area (TPSA) is 68.8 Å². The van der Waals surface area contributed by atoms with E-state index in [0.29, 0.717) is 11.1 Å². The van der Waals surface area contributed by atoms with Crippen LogP contribution in [0.3, 0.4) is 0 Å². The van der Waals surface area contributed by atoms with Crippen molar-refractivity contribution in [2.75, 3.05) is 6.54 Å². The first-order valence-electron chi connectivity index (χ1n) is 6.33. The molecule has 2 heterocycles. The molecule has 0 atom stereocenters. The van der Waals surface area contributed by atoms with E-state index in [-0.39, 0.29) is 0 Å². The Balaban J connectivity index is 2.18. The average molecular weight is 281 g/mol. The summed E-state index contributed by atoms with van der Waals surface area (Å²) >= 11 is 1.46. The standard InChI is InChI=1S/C12H19N5OS/c1-5-6-13-7-10-8(2)16-17(4)11(10)19-12-15-14-9(3)18-12/h13H,5-7H2,1-4H3. The van der Waals surface area contributed by atoms with E-state index in [1.165, 1.54) is 17.3 Å². The van der Waals surface area contributed by atoms with Gasteiger partial charge >= 0.3 is 0 Å². The summed E-state index contributed by atoms with van der Waals surface area (Å²) in [6.45, 7) is 7.77. The van der Waals surface area contributed by atoms with Crippen molar-refractivity contribution < 1.29 is 4.42 Å². The van der Waals surface area contributed by atoms with Gasteiger partial charge in [-0.25, -0.2) is 0 Å². The smallest absolute Gasteiger partial charge is 0.282 e. The lowest BCUT2D eigenvalue weighted by atomic mass is 10.2. The monoisotopic (exact) mass is 281 g/mol. The van der Waals surface area contributed by atoms with Gasteiger partial charge in [0.05, 0.1) is 5.69 Å². The molecule has 19 heavy (non-hydrogen) atoms. The lowest BCUT2D eigenvalue weighted by molar-refractivity contribution is 0.428. The number of aryl methyl sites for hydroxylation is 3. The van der Waals surface area contributed by atoms with E-state index in [4.69, 9.17) is 4.42 Å². The second-order valence-electron chi connectivity index (χ2n) is 4.36. The first-order valence-corrected chi connectivity index (χ1v) is 7.14. The molecule has 2 aromatic heterocycles. The largest absolute Gasteiger partial charge is 0.416 e. The number of nitrogens with zero attached hydrogens (tertiary/aromatic N) is 4. The molecular formula is C12H19N5OS. The van der Waals surface area contributed by atoms with E-state index in [1.807, 2.05) is 18.7 Å². The van der Waals surface area contributed by atoms with E-state index in [2.05, 4.69) is 27.5 Å². The molecule has 0 spiro atoms. The fraction of sp³-hybridized carbons (Fsp3) is 0.583. The number of nitrogens with one attached hydrogen (secondary N) is 1. The third-order valence-electron chi connectivity index (χ3n) is 2.71. The normalized spacial score (nSPS) is 11.2. The third kappa shape index (κ3) is 3.36. The second kappa shape index (κ2) is 6.21. The van der Waals surface area contributed by atoms with Crippen molar-refractivity contribution in [3.05, 3.63) is 17.1 Å². The predicted octanol–water partition coefficient (Wildman–Crippen LogP) is 2.07. The van der Waals surface area contributed by atoms with E-state index in [9.17, 15) is 0 Å². The van der Waals surface area contributed by atoms with Crippen LogP contribution in [0.25, 0.3) is 0 Å². The molecule has 104 valence electrons. The van der Waals surface area contributed by atoms with Crippen LogP contribution in [0.4, 0.5) is 0 Å². The highest BCUT2D eigenvalue weighted by molar-refractivity contribution is 7.99. The first-order chi connectivity index (χ1) is 9.11. The Hall–Kier alpha value is -1.34. The van der Waals surface area contributed by atoms with Gasteiger partial charge in [0.25, 0.3) is 5.22 Å². The Morgan fingerprint density at radius 1 is 1.32 bits per heavy atom. The van der Waals surface area contributed by atoms with Gasteiger partial charge in [-0.2, -0.15) is 5.10 Å². The van der Waals surface area contributed by atoms with Crippen molar-refractivity contribution in [3.63, 3.8) is 0 Å². The highest BCUT2D eigenvalue weighted by Gasteiger charge is 2.16. The summed E-state index contributed by atoms with van der Waals surface area (Å²) in [6.07, 6.45) is 1.12. The van der Waals surface area contributed by atoms with Crippen LogP contribution in [0, 0.1) is 13.8 Å². The molecule has 0 aromatic carbocycles. The van der Waals surface area contributed by atoms with Gasteiger partial charge in [-0.3, -0.25) is 4.68 Å². The molecule has 0 aliphatic carbocycles. The van der Waals surface area contributed by atoms with Gasteiger partial charge in [0.1, 0.15) is 5.03 Å². The molecule has 0 saturated carbocycles. The zero-order valence-electron chi connectivity index (χ0n) is 11.7. The molecule has 0 bridgehead atoms. The van der Waals surface area contributed by atoms with Gasteiger partial charge in [0.2, 0.25) is 5.89 Å². The number of hydrogen-bond acceptors (Lipinski definition) is 6. The van der Waals surface area contributed by atoms with E-state index in [0.717, 1.165) is 30.2 Å². The minimum absolute atomic E-state index is 0.553. The average Bonchev–Trinajstić information content (AvgIpc) is 2.88. The molecule has 7 heteroatoms. The second-order valence-corrected chi connectivity index (χ2v) is 5.30. The van der Waals surface area contributed by atoms with Gasteiger partial charge < -0.3 is 9.73 Å². The minimum Gasteiger partial charge on any atom is -0.416 e. The Morgan fingerprint density at radius 2 is 2.11 bits per heavy atom. The summed E-state index contributed by atoms with van der Waals surface area (Å²) in [4.78, 5) is 0. The maximum absolute atomic E-state index is 5.41. The molecule has 0 aliphatic heterocycles. The van der Waals surface area contributed by atoms with Gasteiger partial charge in [0.15, 0.2) is 0 Å². The highest BCUT2D eigenvalue weighted by Crippen LogP contribution is 2.30. The summed E-state index contributed by atoms with van der Waals surface area (Å²) < 4.78 is 7.28. The van der Waals surface area contributed by atoms with Crippen LogP contribution in [-0.4, -0.2) is 26.5 Å². The van der Waals surface area contributed by atoms with Crippen LogP contribution in [0.5, 0.6) is 0 Å². The summed E-state index contributed by atoms with van der Waals surface area (Å²) in [6, 6.07) is 0. The van der Waals surface area contributed by atoms with Crippen molar-refractivity contribution in [3.8, 4) is 0 Å². The summed E-state index contributed by atoms with van der Waals surface area (Å²) in [7, 11) is 1.93. The third-order valence-corrected chi connectivity index (χ3v) is 3.75. The van der Waals surface area contributed by atoms with Crippen LogP contribution in [-0.2, 0) is 13.6 Å². The fourth-order valence-electron chi connectivity index (χ4n) is 1.80. The molecule has 2 aromatic rings. The van der Waals surface area contributed by atoms with Crippen LogP contribution < -0.4 is 5.32 Å². The molecular weight excluding hydrogens is 262 g/mol. The highest BCUT2D eigenvalue weighted by atomic mass is 32.2. The van der Waals surface area contributed by atoms with Crippen molar-refractivity contribution in [1.29, 1.82) is 0 Å². The molecule has 6 nitrogen and oxygen atoms in total. The van der Waals surface area contributed by atoms with Crippen molar-refractivity contribution in [2.45, 2.75) is 44.0 Å². The van der Waals surface area contributed by atoms with Crippen LogP contribution in [0.15, 0.2) is 14.7 Å². The molecule has 1 N–H and O–H groups in total. The lowest BCUT2D eigenvalue weighted by Crippen LogP contribution is -2.14. The number of hydrogen-bond donors (Lipinski definition) is 1. The summed E-state index contributed by atoms with van der Waals surface area (Å²) in [5, 5.41) is 17.3. The quantitative estimate of drug-likeness (QED) is 0.818. The van der Waals surface area contributed by atoms with Crippen molar-refractivity contribution in [1.82, 2.24) is 25.3 Å². The molecule has 2 rings (SSSR count). The fourth-order valence-corrected chi connectivity index (χ4v) is 2.73. The lowest BCUT2D eigenvalue weighted by Gasteiger charge is -2.05. The molecule has 0 saturated heterocycles. The van der Waals surface area contributed by atoms with Gasteiger partial charge in [-0.1, -0.05) is 6.92 Å². The predicted molar refractivity (Wildman–Crippen MR) is 73.1 cm³/mol. The zero-order valence-corrected chi connectivity index (χ0v) is 12.5. The van der Waals surface area contributed by atoms with Gasteiger partial charge in [0, 0.05) is 26.1 Å². The summed E-state index contributed by atoms with van der Waals surface area (Å²) in [5.41, 5.74) is 2.22. The van der Waals surface area contributed by atoms with E-state index >= 15 is 0 Å². The zero-order chi connectivity index (χ0) is 13.8. The Morgan fingerprint density at radius 3 is 2.74 bits per heavy atom. The van der Waals surface area contributed by atoms with Crippen LogP contribution in [0.2, 0.25) is 0 Å². The Bertz CT molecular complexity index is 548. The SMILES string of the molecule is CCCNCc1c(C)nn(C)c1Sc1nnc(C)o1. The molecule has 0 radical (unpaired) electrons. The Kier molecular flexibility index (Phi) is 4.60. The summed E-state index contributed by atoms with van der Waals surface area (Å²) in [5.74, 6) is 0.576. The molecule has 0 aliphatic rings. The van der Waals surface area contributed by atoms with Crippen LogP contribution >= 0.6 is 11.8 Å². The maximum atomic E-state index is 5.41. The first kappa shape index (κ1) is 14.1.